The number of sulfonamides is 1. The Labute approximate surface area is 190 Å². The summed E-state index contributed by atoms with van der Waals surface area (Å²) in [6, 6.07) is 20.6. The van der Waals surface area contributed by atoms with Crippen LogP contribution in [0.5, 0.6) is 0 Å². The molecule has 0 fully saturated rings. The van der Waals surface area contributed by atoms with Gasteiger partial charge in [0.25, 0.3) is 15.9 Å². The van der Waals surface area contributed by atoms with Crippen molar-refractivity contribution < 1.29 is 22.7 Å². The van der Waals surface area contributed by atoms with E-state index in [9.17, 15) is 22.7 Å². The van der Waals surface area contributed by atoms with E-state index in [-0.39, 0.29) is 34.0 Å². The summed E-state index contributed by atoms with van der Waals surface area (Å²) in [7, 11) is -3.97. The molecule has 8 heteroatoms. The fraction of sp³-hybridized carbons (Fsp3) is 0.120. The van der Waals surface area contributed by atoms with Gasteiger partial charge < -0.3 is 10.0 Å². The third-order valence-corrected chi connectivity index (χ3v) is 7.16. The molecule has 3 aromatic carbocycles. The van der Waals surface area contributed by atoms with Crippen LogP contribution in [0.3, 0.4) is 0 Å². The number of carbonyl (C=O) groups excluding carboxylic acids is 1. The first-order valence-corrected chi connectivity index (χ1v) is 11.8. The van der Waals surface area contributed by atoms with E-state index < -0.39 is 27.8 Å². The maximum atomic E-state index is 13.6. The second kappa shape index (κ2) is 7.97. The SMILES string of the molecule is O=C1C(C2=NS(=O)(=O)c3ccccc32)=C(O)[C@H](Cc2ccccc2)N1Cc1ccc(F)cc1. The van der Waals surface area contributed by atoms with Gasteiger partial charge >= 0.3 is 0 Å². The van der Waals surface area contributed by atoms with Crippen molar-refractivity contribution in [3.05, 3.63) is 113 Å². The summed E-state index contributed by atoms with van der Waals surface area (Å²) in [6.45, 7) is 0.117. The molecule has 1 atom stereocenters. The Morgan fingerprint density at radius 3 is 2.30 bits per heavy atom. The van der Waals surface area contributed by atoms with Crippen molar-refractivity contribution in [1.82, 2.24) is 4.90 Å². The maximum absolute atomic E-state index is 13.6. The number of hydrogen-bond acceptors (Lipinski definition) is 4. The average molecular weight is 463 g/mol. The van der Waals surface area contributed by atoms with Crippen LogP contribution < -0.4 is 0 Å². The van der Waals surface area contributed by atoms with E-state index in [1.54, 1.807) is 30.3 Å². The summed E-state index contributed by atoms with van der Waals surface area (Å²) in [4.78, 5) is 15.0. The van der Waals surface area contributed by atoms with Crippen molar-refractivity contribution in [3.63, 3.8) is 0 Å². The van der Waals surface area contributed by atoms with Crippen molar-refractivity contribution in [2.45, 2.75) is 23.9 Å². The highest BCUT2D eigenvalue weighted by Gasteiger charge is 2.44. The Morgan fingerprint density at radius 2 is 1.58 bits per heavy atom. The predicted molar refractivity (Wildman–Crippen MR) is 121 cm³/mol. The standard InChI is InChI=1S/C25H19FN2O4S/c26-18-12-10-17(11-13-18)15-28-20(14-16-6-2-1-3-7-16)24(29)22(25(28)30)23-19-8-4-5-9-21(19)33(31,32)27-23/h1-13,20,29H,14-15H2/t20-/m0/s1. The van der Waals surface area contributed by atoms with Crippen molar-refractivity contribution >= 4 is 21.6 Å². The molecule has 0 radical (unpaired) electrons. The van der Waals surface area contributed by atoms with E-state index in [0.29, 0.717) is 12.0 Å². The van der Waals surface area contributed by atoms with Crippen LogP contribution in [0.15, 0.2) is 99.5 Å². The van der Waals surface area contributed by atoms with Gasteiger partial charge in [0, 0.05) is 18.5 Å². The van der Waals surface area contributed by atoms with Gasteiger partial charge in [0.1, 0.15) is 22.9 Å². The third-order valence-electron chi connectivity index (χ3n) is 5.83. The fourth-order valence-corrected chi connectivity index (χ4v) is 5.45. The van der Waals surface area contributed by atoms with Crippen LogP contribution in [0.25, 0.3) is 0 Å². The monoisotopic (exact) mass is 462 g/mol. The van der Waals surface area contributed by atoms with E-state index in [1.165, 1.54) is 23.1 Å². The normalized spacial score (nSPS) is 19.1. The smallest absolute Gasteiger partial charge is 0.283 e. The molecule has 2 heterocycles. The Hall–Kier alpha value is -3.78. The highest BCUT2D eigenvalue weighted by molar-refractivity contribution is 7.90. The molecular weight excluding hydrogens is 443 g/mol. The average Bonchev–Trinajstić information content (AvgIpc) is 3.20. The van der Waals surface area contributed by atoms with Crippen molar-refractivity contribution in [2.24, 2.45) is 4.40 Å². The predicted octanol–water partition coefficient (Wildman–Crippen LogP) is 3.78. The Balaban J connectivity index is 1.59. The van der Waals surface area contributed by atoms with Crippen LogP contribution in [0, 0.1) is 5.82 Å². The summed E-state index contributed by atoms with van der Waals surface area (Å²) in [6.07, 6.45) is 0.324. The number of hydrogen-bond donors (Lipinski definition) is 1. The van der Waals surface area contributed by atoms with Crippen LogP contribution >= 0.6 is 0 Å². The second-order valence-corrected chi connectivity index (χ2v) is 9.51. The number of aliphatic hydroxyl groups excluding tert-OH is 1. The maximum Gasteiger partial charge on any atom is 0.283 e. The molecule has 1 amide bonds. The first kappa shape index (κ1) is 21.1. The highest BCUT2D eigenvalue weighted by atomic mass is 32.2. The first-order chi connectivity index (χ1) is 15.8. The van der Waals surface area contributed by atoms with Crippen LogP contribution in [-0.2, 0) is 27.8 Å². The van der Waals surface area contributed by atoms with E-state index in [2.05, 4.69) is 4.40 Å². The second-order valence-electron chi connectivity index (χ2n) is 7.94. The fourth-order valence-electron chi connectivity index (χ4n) is 4.23. The molecule has 3 aromatic rings. The lowest BCUT2D eigenvalue weighted by Crippen LogP contribution is -2.37. The van der Waals surface area contributed by atoms with Crippen molar-refractivity contribution in [2.75, 3.05) is 0 Å². The van der Waals surface area contributed by atoms with Gasteiger partial charge in [-0.2, -0.15) is 12.8 Å². The molecule has 0 unspecified atom stereocenters. The van der Waals surface area contributed by atoms with Gasteiger partial charge in [-0.05, 0) is 29.3 Å². The molecule has 33 heavy (non-hydrogen) atoms. The summed E-state index contributed by atoms with van der Waals surface area (Å²) >= 11 is 0. The van der Waals surface area contributed by atoms with Crippen LogP contribution in [0.1, 0.15) is 16.7 Å². The number of nitrogens with zero attached hydrogens (tertiary/aromatic N) is 2. The zero-order valence-electron chi connectivity index (χ0n) is 17.3. The molecule has 166 valence electrons. The number of rotatable bonds is 5. The summed E-state index contributed by atoms with van der Waals surface area (Å²) in [5, 5.41) is 11.2. The molecule has 5 rings (SSSR count). The number of fused-ring (bicyclic) bond motifs is 1. The summed E-state index contributed by atoms with van der Waals surface area (Å²) in [5.41, 5.74) is 1.70. The summed E-state index contributed by atoms with van der Waals surface area (Å²) < 4.78 is 42.3. The molecule has 0 spiro atoms. The van der Waals surface area contributed by atoms with Gasteiger partial charge in [-0.1, -0.05) is 60.7 Å². The molecule has 1 N–H and O–H groups in total. The molecule has 6 nitrogen and oxygen atoms in total. The number of halogens is 1. The number of aliphatic hydroxyl groups is 1. The molecule has 0 saturated heterocycles. The van der Waals surface area contributed by atoms with Gasteiger partial charge in [0.2, 0.25) is 0 Å². The number of carbonyl (C=O) groups is 1. The molecular formula is C25H19FN2O4S. The lowest BCUT2D eigenvalue weighted by Gasteiger charge is -2.25. The number of amides is 1. The van der Waals surface area contributed by atoms with Gasteiger partial charge in [-0.25, -0.2) is 4.39 Å². The minimum absolute atomic E-state index is 0.00435. The Morgan fingerprint density at radius 1 is 0.909 bits per heavy atom. The van der Waals surface area contributed by atoms with Crippen LogP contribution in [0.4, 0.5) is 4.39 Å². The topological polar surface area (TPSA) is 87.0 Å². The first-order valence-electron chi connectivity index (χ1n) is 10.3. The Kier molecular flexibility index (Phi) is 5.09. The lowest BCUT2D eigenvalue weighted by atomic mass is 9.99. The zero-order chi connectivity index (χ0) is 23.2. The zero-order valence-corrected chi connectivity index (χ0v) is 18.2. The largest absolute Gasteiger partial charge is 0.509 e. The molecule has 2 aliphatic rings. The quantitative estimate of drug-likeness (QED) is 0.625. The van der Waals surface area contributed by atoms with E-state index >= 15 is 0 Å². The van der Waals surface area contributed by atoms with E-state index in [1.807, 2.05) is 30.3 Å². The minimum atomic E-state index is -3.97. The van der Waals surface area contributed by atoms with Gasteiger partial charge in [0.15, 0.2) is 0 Å². The molecule has 0 bridgehead atoms. The Bertz CT molecular complexity index is 1410. The lowest BCUT2D eigenvalue weighted by molar-refractivity contribution is -0.127. The van der Waals surface area contributed by atoms with E-state index in [0.717, 1.165) is 5.56 Å². The van der Waals surface area contributed by atoms with Gasteiger partial charge in [-0.3, -0.25) is 4.79 Å². The van der Waals surface area contributed by atoms with Crippen LogP contribution in [0.2, 0.25) is 0 Å². The minimum Gasteiger partial charge on any atom is -0.509 e. The molecule has 0 aromatic heterocycles. The molecule has 0 saturated carbocycles. The molecule has 0 aliphatic carbocycles. The number of benzene rings is 3. The molecule has 2 aliphatic heterocycles. The summed E-state index contributed by atoms with van der Waals surface area (Å²) in [5.74, 6) is -1.14. The van der Waals surface area contributed by atoms with Crippen molar-refractivity contribution in [1.29, 1.82) is 0 Å². The van der Waals surface area contributed by atoms with Gasteiger partial charge in [0.05, 0.1) is 10.9 Å². The third kappa shape index (κ3) is 3.72. The van der Waals surface area contributed by atoms with Crippen molar-refractivity contribution in [3.8, 4) is 0 Å². The highest BCUT2D eigenvalue weighted by Crippen LogP contribution is 2.36. The van der Waals surface area contributed by atoms with E-state index in [4.69, 9.17) is 0 Å². The van der Waals surface area contributed by atoms with Gasteiger partial charge in [-0.15, -0.1) is 0 Å². The van der Waals surface area contributed by atoms with Crippen LogP contribution in [-0.4, -0.2) is 36.1 Å².